The first-order chi connectivity index (χ1) is 9.06. The van der Waals surface area contributed by atoms with E-state index in [9.17, 15) is 4.79 Å². The van der Waals surface area contributed by atoms with Crippen molar-refractivity contribution in [3.05, 3.63) is 0 Å². The Kier molecular flexibility index (Phi) is 6.72. The molecule has 1 amide bonds. The number of nitrogens with zero attached hydrogens (tertiary/aromatic N) is 1. The fourth-order valence-electron chi connectivity index (χ4n) is 2.78. The molecule has 0 radical (unpaired) electrons. The van der Waals surface area contributed by atoms with Crippen molar-refractivity contribution in [1.82, 2.24) is 10.2 Å². The van der Waals surface area contributed by atoms with Gasteiger partial charge in [-0.3, -0.25) is 4.79 Å². The lowest BCUT2D eigenvalue weighted by molar-refractivity contribution is -0.128. The second-order valence-electron chi connectivity index (χ2n) is 5.29. The largest absolute Gasteiger partial charge is 0.392 e. The number of hydrogen-bond acceptors (Lipinski definition) is 3. The third-order valence-electron chi connectivity index (χ3n) is 4.22. The molecule has 110 valence electrons. The van der Waals surface area contributed by atoms with Crippen LogP contribution in [-0.4, -0.2) is 42.0 Å². The molecular formula is C14H27N3OS. The fraction of sp³-hybridized carbons (Fsp3) is 0.857. The summed E-state index contributed by atoms with van der Waals surface area (Å²) >= 11 is 5.16. The Hall–Kier alpha value is -0.680. The highest BCUT2D eigenvalue weighted by atomic mass is 32.1. The summed E-state index contributed by atoms with van der Waals surface area (Å²) in [6.07, 6.45) is 4.87. The summed E-state index contributed by atoms with van der Waals surface area (Å²) in [5, 5.41) is 3.03. The molecule has 0 spiro atoms. The molecule has 4 nitrogen and oxygen atoms in total. The van der Waals surface area contributed by atoms with Crippen molar-refractivity contribution in [2.75, 3.05) is 26.2 Å². The zero-order valence-electron chi connectivity index (χ0n) is 12.2. The van der Waals surface area contributed by atoms with Crippen molar-refractivity contribution < 1.29 is 4.79 Å². The quantitative estimate of drug-likeness (QED) is 0.699. The molecule has 0 heterocycles. The van der Waals surface area contributed by atoms with Gasteiger partial charge >= 0.3 is 0 Å². The average Bonchev–Trinajstić information content (AvgIpc) is 2.44. The number of amides is 1. The van der Waals surface area contributed by atoms with Crippen LogP contribution in [-0.2, 0) is 4.79 Å². The van der Waals surface area contributed by atoms with Gasteiger partial charge in [0.1, 0.15) is 0 Å². The van der Waals surface area contributed by atoms with Crippen LogP contribution in [0.5, 0.6) is 0 Å². The van der Waals surface area contributed by atoms with Gasteiger partial charge in [-0.25, -0.2) is 0 Å². The van der Waals surface area contributed by atoms with E-state index in [0.717, 1.165) is 45.3 Å². The molecule has 1 saturated carbocycles. The topological polar surface area (TPSA) is 58.4 Å². The summed E-state index contributed by atoms with van der Waals surface area (Å²) in [5.41, 5.74) is 5.26. The van der Waals surface area contributed by atoms with Crippen LogP contribution < -0.4 is 11.1 Å². The number of hydrogen-bond donors (Lipinski definition) is 2. The maximum atomic E-state index is 12.4. The first kappa shape index (κ1) is 16.4. The van der Waals surface area contributed by atoms with E-state index in [4.69, 9.17) is 18.0 Å². The molecule has 0 aromatic rings. The predicted octanol–water partition coefficient (Wildman–Crippen LogP) is 1.68. The Morgan fingerprint density at radius 2 is 1.84 bits per heavy atom. The summed E-state index contributed by atoms with van der Waals surface area (Å²) in [6, 6.07) is 0. The van der Waals surface area contributed by atoms with Crippen LogP contribution in [0, 0.1) is 5.41 Å². The Labute approximate surface area is 122 Å². The Bertz CT molecular complexity index is 310. The molecule has 1 fully saturated rings. The van der Waals surface area contributed by atoms with Gasteiger partial charge in [-0.15, -0.1) is 0 Å². The van der Waals surface area contributed by atoms with Crippen molar-refractivity contribution in [2.45, 2.75) is 46.0 Å². The third kappa shape index (κ3) is 4.14. The zero-order valence-corrected chi connectivity index (χ0v) is 13.0. The summed E-state index contributed by atoms with van der Waals surface area (Å²) in [7, 11) is 0. The number of carbonyl (C=O) groups is 1. The second kappa shape index (κ2) is 7.80. The van der Waals surface area contributed by atoms with Gasteiger partial charge in [0.25, 0.3) is 0 Å². The van der Waals surface area contributed by atoms with Gasteiger partial charge in [-0.2, -0.15) is 0 Å². The van der Waals surface area contributed by atoms with Gasteiger partial charge in [0.05, 0.1) is 10.4 Å². The molecule has 1 rings (SSSR count). The Balaban J connectivity index is 2.51. The SMILES string of the molecule is CCN(CC)CCNC(=O)C1(C(N)=S)CCCCC1. The predicted molar refractivity (Wildman–Crippen MR) is 83.1 cm³/mol. The molecule has 0 aliphatic heterocycles. The lowest BCUT2D eigenvalue weighted by Gasteiger charge is -2.35. The third-order valence-corrected chi connectivity index (χ3v) is 4.61. The van der Waals surface area contributed by atoms with Crippen molar-refractivity contribution in [2.24, 2.45) is 11.1 Å². The van der Waals surface area contributed by atoms with Gasteiger partial charge in [0.15, 0.2) is 0 Å². The van der Waals surface area contributed by atoms with Gasteiger partial charge in [0, 0.05) is 13.1 Å². The lowest BCUT2D eigenvalue weighted by Crippen LogP contribution is -2.51. The van der Waals surface area contributed by atoms with Crippen LogP contribution in [0.4, 0.5) is 0 Å². The molecule has 0 atom stereocenters. The molecule has 19 heavy (non-hydrogen) atoms. The molecule has 0 aromatic heterocycles. The van der Waals surface area contributed by atoms with Crippen molar-refractivity contribution in [3.63, 3.8) is 0 Å². The van der Waals surface area contributed by atoms with Crippen LogP contribution in [0.1, 0.15) is 46.0 Å². The van der Waals surface area contributed by atoms with Crippen molar-refractivity contribution >= 4 is 23.1 Å². The fourth-order valence-corrected chi connectivity index (χ4v) is 3.07. The van der Waals surface area contributed by atoms with Gasteiger partial charge in [-0.05, 0) is 25.9 Å². The van der Waals surface area contributed by atoms with Crippen LogP contribution in [0.2, 0.25) is 0 Å². The van der Waals surface area contributed by atoms with Gasteiger partial charge in [-0.1, -0.05) is 45.3 Å². The van der Waals surface area contributed by atoms with E-state index < -0.39 is 5.41 Å². The summed E-state index contributed by atoms with van der Waals surface area (Å²) in [6.45, 7) is 7.82. The minimum atomic E-state index is -0.586. The maximum Gasteiger partial charge on any atom is 0.233 e. The highest BCUT2D eigenvalue weighted by Crippen LogP contribution is 2.36. The minimum absolute atomic E-state index is 0.0341. The number of nitrogens with two attached hydrogens (primary N) is 1. The molecular weight excluding hydrogens is 258 g/mol. The Morgan fingerprint density at radius 3 is 2.32 bits per heavy atom. The molecule has 1 aliphatic rings. The minimum Gasteiger partial charge on any atom is -0.392 e. The van der Waals surface area contributed by atoms with E-state index in [1.54, 1.807) is 0 Å². The van der Waals surface area contributed by atoms with E-state index in [1.807, 2.05) is 0 Å². The smallest absolute Gasteiger partial charge is 0.233 e. The van der Waals surface area contributed by atoms with E-state index in [-0.39, 0.29) is 5.91 Å². The standard InChI is InChI=1S/C14H27N3OS/c1-3-17(4-2)11-10-16-13(18)14(12(15)19)8-6-5-7-9-14/h3-11H2,1-2H3,(H2,15,19)(H,16,18). The van der Waals surface area contributed by atoms with Crippen molar-refractivity contribution in [1.29, 1.82) is 0 Å². The molecule has 0 unspecified atom stereocenters. The first-order valence-corrected chi connectivity index (χ1v) is 7.78. The number of thiocarbonyl (C=S) groups is 1. The van der Waals surface area contributed by atoms with Crippen LogP contribution in [0.15, 0.2) is 0 Å². The number of carbonyl (C=O) groups excluding carboxylic acids is 1. The van der Waals surface area contributed by atoms with E-state index in [1.165, 1.54) is 6.42 Å². The average molecular weight is 285 g/mol. The molecule has 3 N–H and O–H groups in total. The van der Waals surface area contributed by atoms with Crippen LogP contribution in [0.3, 0.4) is 0 Å². The highest BCUT2D eigenvalue weighted by molar-refractivity contribution is 7.80. The lowest BCUT2D eigenvalue weighted by atomic mass is 9.73. The van der Waals surface area contributed by atoms with Gasteiger partial charge in [0.2, 0.25) is 5.91 Å². The van der Waals surface area contributed by atoms with E-state index in [0.29, 0.717) is 11.5 Å². The van der Waals surface area contributed by atoms with Crippen LogP contribution >= 0.6 is 12.2 Å². The van der Waals surface area contributed by atoms with E-state index in [2.05, 4.69) is 24.1 Å². The van der Waals surface area contributed by atoms with E-state index >= 15 is 0 Å². The monoisotopic (exact) mass is 285 g/mol. The molecule has 0 bridgehead atoms. The molecule has 0 saturated heterocycles. The Morgan fingerprint density at radius 1 is 1.26 bits per heavy atom. The van der Waals surface area contributed by atoms with Gasteiger partial charge < -0.3 is 16.0 Å². The molecule has 1 aliphatic carbocycles. The zero-order chi connectivity index (χ0) is 14.3. The number of likely N-dealkylation sites (N-methyl/N-ethyl adjacent to an activating group) is 1. The summed E-state index contributed by atoms with van der Waals surface area (Å²) in [5.74, 6) is 0.0341. The summed E-state index contributed by atoms with van der Waals surface area (Å²) in [4.78, 5) is 15.1. The highest BCUT2D eigenvalue weighted by Gasteiger charge is 2.42. The first-order valence-electron chi connectivity index (χ1n) is 7.37. The van der Waals surface area contributed by atoms with Crippen LogP contribution in [0.25, 0.3) is 0 Å². The summed E-state index contributed by atoms with van der Waals surface area (Å²) < 4.78 is 0. The van der Waals surface area contributed by atoms with Crippen molar-refractivity contribution in [3.8, 4) is 0 Å². The normalized spacial score (nSPS) is 18.3. The second-order valence-corrected chi connectivity index (χ2v) is 5.73. The maximum absolute atomic E-state index is 12.4. The number of nitrogens with one attached hydrogen (secondary N) is 1. The molecule has 5 heteroatoms. The number of rotatable bonds is 7. The molecule has 0 aromatic carbocycles.